The van der Waals surface area contributed by atoms with E-state index in [-0.39, 0.29) is 11.5 Å². The second-order valence-corrected chi connectivity index (χ2v) is 7.43. The van der Waals surface area contributed by atoms with Gasteiger partial charge >= 0.3 is 5.97 Å². The smallest absolute Gasteiger partial charge is 0.333 e. The number of hydrogen-bond donors (Lipinski definition) is 0. The van der Waals surface area contributed by atoms with Crippen molar-refractivity contribution >= 4 is 17.7 Å². The van der Waals surface area contributed by atoms with Gasteiger partial charge in [-0.15, -0.1) is 0 Å². The van der Waals surface area contributed by atoms with Crippen LogP contribution < -0.4 is 5.56 Å². The van der Waals surface area contributed by atoms with Gasteiger partial charge in [0, 0.05) is 24.6 Å². The monoisotopic (exact) mass is 386 g/mol. The normalized spacial score (nSPS) is 10.6. The van der Waals surface area contributed by atoms with Gasteiger partial charge in [-0.3, -0.25) is 9.36 Å². The quantitative estimate of drug-likeness (QED) is 0.201. The molecule has 27 heavy (non-hydrogen) atoms. The molecule has 144 valence electrons. The van der Waals surface area contributed by atoms with Gasteiger partial charge in [0.05, 0.1) is 12.2 Å². The van der Waals surface area contributed by atoms with Crippen LogP contribution in [-0.2, 0) is 16.6 Å². The average molecular weight is 387 g/mol. The summed E-state index contributed by atoms with van der Waals surface area (Å²) in [5.74, 6) is 0.577. The molecule has 1 aromatic carbocycles. The zero-order chi connectivity index (χ0) is 19.6. The van der Waals surface area contributed by atoms with Crippen LogP contribution in [0.4, 0.5) is 0 Å². The minimum atomic E-state index is -0.323. The minimum absolute atomic E-state index is 0.0296. The van der Waals surface area contributed by atoms with E-state index in [1.165, 1.54) is 0 Å². The first-order valence-corrected chi connectivity index (χ1v) is 10.1. The van der Waals surface area contributed by atoms with Crippen molar-refractivity contribution in [2.24, 2.45) is 7.05 Å². The maximum atomic E-state index is 12.6. The lowest BCUT2D eigenvalue weighted by molar-refractivity contribution is -0.139. The Balaban J connectivity index is 1.74. The largest absolute Gasteiger partial charge is 0.462 e. The van der Waals surface area contributed by atoms with Crippen LogP contribution >= 0.6 is 11.8 Å². The first-order valence-electron chi connectivity index (χ1n) is 9.07. The summed E-state index contributed by atoms with van der Waals surface area (Å²) < 4.78 is 6.68. The van der Waals surface area contributed by atoms with Gasteiger partial charge in [-0.1, -0.05) is 61.5 Å². The number of rotatable bonds is 10. The Hall–Kier alpha value is -2.34. The molecule has 0 saturated heterocycles. The number of carbonyl (C=O) groups excluding carboxylic acids is 1. The molecule has 2 rings (SSSR count). The molecular weight excluding hydrogens is 360 g/mol. The van der Waals surface area contributed by atoms with E-state index in [9.17, 15) is 9.59 Å². The fraction of sp³-hybridized carbons (Fsp3) is 0.381. The van der Waals surface area contributed by atoms with Crippen molar-refractivity contribution in [3.8, 4) is 11.1 Å². The summed E-state index contributed by atoms with van der Waals surface area (Å²) in [6.45, 7) is 5.64. The molecule has 5 nitrogen and oxygen atoms in total. The number of thioether (sulfide) groups is 1. The molecule has 0 amide bonds. The maximum absolute atomic E-state index is 12.6. The third-order valence-electron chi connectivity index (χ3n) is 4.06. The molecule has 2 aromatic rings. The highest BCUT2D eigenvalue weighted by Crippen LogP contribution is 2.19. The van der Waals surface area contributed by atoms with Crippen LogP contribution in [0.2, 0.25) is 0 Å². The molecule has 0 fully saturated rings. The van der Waals surface area contributed by atoms with E-state index >= 15 is 0 Å². The highest BCUT2D eigenvalue weighted by molar-refractivity contribution is 7.99. The van der Waals surface area contributed by atoms with Crippen molar-refractivity contribution in [2.45, 2.75) is 37.8 Å². The first kappa shape index (κ1) is 21.0. The maximum Gasteiger partial charge on any atom is 0.333 e. The van der Waals surface area contributed by atoms with Crippen LogP contribution in [0.1, 0.15) is 32.6 Å². The lowest BCUT2D eigenvalue weighted by Crippen LogP contribution is -2.21. The van der Waals surface area contributed by atoms with E-state index in [0.29, 0.717) is 17.7 Å². The first-order chi connectivity index (χ1) is 13.0. The SMILES string of the molecule is C=C(C)C(=O)OCCCCCCSc1ncc(-c2ccccc2)c(=O)n1C. The molecule has 0 radical (unpaired) electrons. The molecule has 0 aliphatic carbocycles. The Morgan fingerprint density at radius 1 is 1.19 bits per heavy atom. The Kier molecular flexibility index (Phi) is 8.33. The second kappa shape index (κ2) is 10.7. The molecule has 1 heterocycles. The van der Waals surface area contributed by atoms with E-state index in [0.717, 1.165) is 42.2 Å². The van der Waals surface area contributed by atoms with E-state index < -0.39 is 0 Å². The number of hydrogen-bond acceptors (Lipinski definition) is 5. The van der Waals surface area contributed by atoms with Crippen LogP contribution in [0.5, 0.6) is 0 Å². The number of ether oxygens (including phenoxy) is 1. The third kappa shape index (κ3) is 6.40. The van der Waals surface area contributed by atoms with E-state index in [2.05, 4.69) is 11.6 Å². The molecule has 0 aliphatic rings. The topological polar surface area (TPSA) is 61.2 Å². The number of esters is 1. The van der Waals surface area contributed by atoms with E-state index in [4.69, 9.17) is 4.74 Å². The van der Waals surface area contributed by atoms with Crippen molar-refractivity contribution in [2.75, 3.05) is 12.4 Å². The summed E-state index contributed by atoms with van der Waals surface area (Å²) in [7, 11) is 1.76. The Morgan fingerprint density at radius 3 is 2.59 bits per heavy atom. The van der Waals surface area contributed by atoms with Gasteiger partial charge < -0.3 is 4.74 Å². The van der Waals surface area contributed by atoms with E-state index in [1.807, 2.05) is 30.3 Å². The van der Waals surface area contributed by atoms with Crippen LogP contribution in [0.3, 0.4) is 0 Å². The van der Waals surface area contributed by atoms with Crippen molar-refractivity contribution in [3.05, 3.63) is 59.0 Å². The molecule has 0 unspecified atom stereocenters. The van der Waals surface area contributed by atoms with Crippen LogP contribution in [0, 0.1) is 0 Å². The van der Waals surface area contributed by atoms with Gasteiger partial charge in [0.25, 0.3) is 5.56 Å². The Labute approximate surface area is 164 Å². The van der Waals surface area contributed by atoms with E-state index in [1.54, 1.807) is 36.5 Å². The van der Waals surface area contributed by atoms with Gasteiger partial charge in [0.2, 0.25) is 0 Å². The summed E-state index contributed by atoms with van der Waals surface area (Å²) in [6.07, 6.45) is 5.59. The lowest BCUT2D eigenvalue weighted by Gasteiger charge is -2.09. The molecule has 6 heteroatoms. The van der Waals surface area contributed by atoms with Gasteiger partial charge in [-0.2, -0.15) is 0 Å². The molecule has 0 atom stereocenters. The predicted octanol–water partition coefficient (Wildman–Crippen LogP) is 4.22. The zero-order valence-corrected chi connectivity index (χ0v) is 16.8. The Morgan fingerprint density at radius 2 is 1.89 bits per heavy atom. The summed E-state index contributed by atoms with van der Waals surface area (Å²) in [5.41, 5.74) is 1.90. The summed E-state index contributed by atoms with van der Waals surface area (Å²) in [4.78, 5) is 28.3. The average Bonchev–Trinajstić information content (AvgIpc) is 2.67. The van der Waals surface area contributed by atoms with Gasteiger partial charge in [0.1, 0.15) is 0 Å². The molecule has 1 aromatic heterocycles. The number of carbonyl (C=O) groups is 1. The van der Waals surface area contributed by atoms with Gasteiger partial charge in [-0.05, 0) is 25.3 Å². The van der Waals surface area contributed by atoms with Gasteiger partial charge in [-0.25, -0.2) is 9.78 Å². The summed E-state index contributed by atoms with van der Waals surface area (Å²) in [6, 6.07) is 9.59. The molecule has 0 saturated carbocycles. The molecule has 0 N–H and O–H groups in total. The van der Waals surface area contributed by atoms with Crippen molar-refractivity contribution in [1.29, 1.82) is 0 Å². The second-order valence-electron chi connectivity index (χ2n) is 6.36. The van der Waals surface area contributed by atoms with Crippen molar-refractivity contribution in [1.82, 2.24) is 9.55 Å². The number of nitrogens with zero attached hydrogens (tertiary/aromatic N) is 2. The molecular formula is C21H26N2O3S. The fourth-order valence-electron chi connectivity index (χ4n) is 2.49. The van der Waals surface area contributed by atoms with Gasteiger partial charge in [0.15, 0.2) is 5.16 Å². The minimum Gasteiger partial charge on any atom is -0.462 e. The molecule has 0 bridgehead atoms. The van der Waals surface area contributed by atoms with Crippen LogP contribution in [0.15, 0.2) is 58.6 Å². The number of benzene rings is 1. The highest BCUT2D eigenvalue weighted by Gasteiger charge is 2.09. The Bertz CT molecular complexity index is 831. The zero-order valence-electron chi connectivity index (χ0n) is 15.9. The number of unbranched alkanes of at least 4 members (excludes halogenated alkanes) is 3. The van der Waals surface area contributed by atoms with Crippen molar-refractivity contribution in [3.63, 3.8) is 0 Å². The lowest BCUT2D eigenvalue weighted by atomic mass is 10.1. The molecule has 0 aliphatic heterocycles. The highest BCUT2D eigenvalue weighted by atomic mass is 32.2. The standard InChI is InChI=1S/C21H26N2O3S/c1-16(2)20(25)26-13-9-4-5-10-14-27-21-22-15-18(19(24)23(21)3)17-11-7-6-8-12-17/h6-8,11-12,15H,1,4-5,9-10,13-14H2,2-3H3. The summed E-state index contributed by atoms with van der Waals surface area (Å²) in [5, 5.41) is 0.732. The predicted molar refractivity (Wildman–Crippen MR) is 110 cm³/mol. The number of aromatic nitrogens is 2. The fourth-order valence-corrected chi connectivity index (χ4v) is 3.42. The van der Waals surface area contributed by atoms with Crippen LogP contribution in [0.25, 0.3) is 11.1 Å². The van der Waals surface area contributed by atoms with Crippen LogP contribution in [-0.4, -0.2) is 27.9 Å². The third-order valence-corrected chi connectivity index (χ3v) is 5.19. The van der Waals surface area contributed by atoms with Crippen molar-refractivity contribution < 1.29 is 9.53 Å². The molecule has 0 spiro atoms. The summed E-state index contributed by atoms with van der Waals surface area (Å²) >= 11 is 1.59.